The van der Waals surface area contributed by atoms with Gasteiger partial charge in [-0.2, -0.15) is 0 Å². The molecule has 4 heteroatoms. The Morgan fingerprint density at radius 2 is 2.27 bits per heavy atom. The van der Waals surface area contributed by atoms with Gasteiger partial charge in [0.1, 0.15) is 16.4 Å². The molecule has 0 aliphatic carbocycles. The molecule has 82 valence electrons. The number of halogens is 2. The van der Waals surface area contributed by atoms with Crippen molar-refractivity contribution in [1.29, 1.82) is 0 Å². The van der Waals surface area contributed by atoms with Gasteiger partial charge >= 0.3 is 0 Å². The van der Waals surface area contributed by atoms with Gasteiger partial charge in [-0.3, -0.25) is 4.79 Å². The zero-order valence-electron chi connectivity index (χ0n) is 8.59. The number of hydrogen-bond donors (Lipinski definition) is 0. The maximum absolute atomic E-state index is 11.2. The predicted octanol–water partition coefficient (Wildman–Crippen LogP) is 3.46. The minimum absolute atomic E-state index is 0.0481. The molecule has 0 bridgehead atoms. The van der Waals surface area contributed by atoms with E-state index in [-0.39, 0.29) is 10.6 Å². The van der Waals surface area contributed by atoms with Crippen LogP contribution in [0, 0.1) is 0 Å². The van der Waals surface area contributed by atoms with Gasteiger partial charge in [0.05, 0.1) is 7.11 Å². The zero-order chi connectivity index (χ0) is 11.4. The number of carbonyl (C=O) groups is 1. The molecule has 0 radical (unpaired) electrons. The summed E-state index contributed by atoms with van der Waals surface area (Å²) in [6.45, 7) is 1.54. The predicted molar refractivity (Wildman–Crippen MR) is 64.9 cm³/mol. The third-order valence-corrected chi connectivity index (χ3v) is 3.53. The van der Waals surface area contributed by atoms with Crippen LogP contribution in [-0.2, 0) is 10.7 Å². The van der Waals surface area contributed by atoms with Crippen LogP contribution in [0.3, 0.4) is 0 Å². The fraction of sp³-hybridized carbons (Fsp3) is 0.364. The van der Waals surface area contributed by atoms with Crippen molar-refractivity contribution in [2.24, 2.45) is 0 Å². The van der Waals surface area contributed by atoms with Crippen LogP contribution in [0.1, 0.15) is 22.9 Å². The summed E-state index contributed by atoms with van der Waals surface area (Å²) in [5.41, 5.74) is 1.80. The smallest absolute Gasteiger partial charge is 0.147 e. The monoisotopic (exact) mass is 290 g/mol. The van der Waals surface area contributed by atoms with E-state index in [1.165, 1.54) is 6.92 Å². The molecule has 0 amide bonds. The first-order valence-corrected chi connectivity index (χ1v) is 5.92. The number of benzene rings is 1. The maximum atomic E-state index is 11.2. The van der Waals surface area contributed by atoms with Crippen molar-refractivity contribution in [2.45, 2.75) is 17.6 Å². The molecule has 1 unspecified atom stereocenters. The molecule has 1 aromatic carbocycles. The average molecular weight is 292 g/mol. The normalized spacial score (nSPS) is 12.3. The van der Waals surface area contributed by atoms with Gasteiger partial charge in [-0.25, -0.2) is 0 Å². The average Bonchev–Trinajstić information content (AvgIpc) is 2.27. The number of Topliss-reactive ketones (excluding diaryl/α,β-unsaturated/α-hetero) is 1. The van der Waals surface area contributed by atoms with Crippen molar-refractivity contribution >= 4 is 33.3 Å². The number of alkyl halides is 2. The zero-order valence-corrected chi connectivity index (χ0v) is 10.9. The van der Waals surface area contributed by atoms with E-state index >= 15 is 0 Å². The van der Waals surface area contributed by atoms with E-state index in [0.29, 0.717) is 11.6 Å². The molecule has 0 fully saturated rings. The lowest BCUT2D eigenvalue weighted by molar-refractivity contribution is -0.116. The number of ether oxygens (including phenoxy) is 1. The molecule has 1 rings (SSSR count). The molecule has 1 aromatic rings. The van der Waals surface area contributed by atoms with Gasteiger partial charge in [0, 0.05) is 11.4 Å². The summed E-state index contributed by atoms with van der Waals surface area (Å²) in [5.74, 6) is 1.17. The summed E-state index contributed by atoms with van der Waals surface area (Å²) >= 11 is 9.04. The number of methoxy groups -OCH3 is 1. The van der Waals surface area contributed by atoms with Gasteiger partial charge in [-0.1, -0.05) is 28.1 Å². The number of rotatable bonds is 4. The molecule has 0 spiro atoms. The van der Waals surface area contributed by atoms with Gasteiger partial charge in [0.15, 0.2) is 0 Å². The van der Waals surface area contributed by atoms with Gasteiger partial charge in [0.25, 0.3) is 0 Å². The molecular formula is C11H12BrClO2. The molecule has 0 aromatic heterocycles. The fourth-order valence-electron chi connectivity index (χ4n) is 1.27. The van der Waals surface area contributed by atoms with E-state index < -0.39 is 0 Å². The lowest BCUT2D eigenvalue weighted by atomic mass is 10.1. The van der Waals surface area contributed by atoms with Crippen LogP contribution >= 0.6 is 27.5 Å². The summed E-state index contributed by atoms with van der Waals surface area (Å²) < 4.78 is 5.22. The van der Waals surface area contributed by atoms with Crippen LogP contribution in [0.4, 0.5) is 0 Å². The van der Waals surface area contributed by atoms with Crippen LogP contribution in [0.15, 0.2) is 18.2 Å². The van der Waals surface area contributed by atoms with Crippen molar-refractivity contribution in [3.63, 3.8) is 0 Å². The largest absolute Gasteiger partial charge is 0.496 e. The molecule has 1 atom stereocenters. The third-order valence-electron chi connectivity index (χ3n) is 2.08. The molecule has 2 nitrogen and oxygen atoms in total. The maximum Gasteiger partial charge on any atom is 0.147 e. The highest BCUT2D eigenvalue weighted by Crippen LogP contribution is 2.32. The highest BCUT2D eigenvalue weighted by molar-refractivity contribution is 9.09. The topological polar surface area (TPSA) is 26.3 Å². The molecule has 0 N–H and O–H groups in total. The number of hydrogen-bond acceptors (Lipinski definition) is 2. The second-order valence-electron chi connectivity index (χ2n) is 3.18. The van der Waals surface area contributed by atoms with E-state index in [1.54, 1.807) is 7.11 Å². The lowest BCUT2D eigenvalue weighted by Crippen LogP contribution is -2.03. The summed E-state index contributed by atoms with van der Waals surface area (Å²) in [4.78, 5) is 10.9. The van der Waals surface area contributed by atoms with E-state index in [4.69, 9.17) is 16.3 Å². The van der Waals surface area contributed by atoms with E-state index in [1.807, 2.05) is 18.2 Å². The van der Waals surface area contributed by atoms with E-state index in [2.05, 4.69) is 15.9 Å². The Hall–Kier alpha value is -0.540. The van der Waals surface area contributed by atoms with E-state index in [9.17, 15) is 4.79 Å². The molecule has 15 heavy (non-hydrogen) atoms. The van der Waals surface area contributed by atoms with Gasteiger partial charge in [-0.15, -0.1) is 11.6 Å². The Balaban J connectivity index is 3.12. The molecule has 0 heterocycles. The van der Waals surface area contributed by atoms with Crippen LogP contribution < -0.4 is 4.74 Å². The highest BCUT2D eigenvalue weighted by atomic mass is 79.9. The number of carbonyl (C=O) groups excluding carboxylic acids is 1. The Labute approximate surface area is 103 Å². The second kappa shape index (κ2) is 5.52. The SMILES string of the molecule is COc1cc(CCl)ccc1C(Br)C(C)=O. The fourth-order valence-corrected chi connectivity index (χ4v) is 1.81. The van der Waals surface area contributed by atoms with Crippen molar-refractivity contribution in [3.8, 4) is 5.75 Å². The third kappa shape index (κ3) is 2.95. The van der Waals surface area contributed by atoms with Crippen LogP contribution in [0.5, 0.6) is 5.75 Å². The Morgan fingerprint density at radius 3 is 2.73 bits per heavy atom. The molecule has 0 saturated carbocycles. The molecule has 0 aliphatic rings. The summed E-state index contributed by atoms with van der Waals surface area (Å²) in [7, 11) is 1.58. The number of ketones is 1. The Bertz CT molecular complexity index is 366. The summed E-state index contributed by atoms with van der Waals surface area (Å²) in [6.07, 6.45) is 0. The molecule has 0 saturated heterocycles. The van der Waals surface area contributed by atoms with Gasteiger partial charge in [0.2, 0.25) is 0 Å². The van der Waals surface area contributed by atoms with Crippen LogP contribution in [0.25, 0.3) is 0 Å². The first-order valence-electron chi connectivity index (χ1n) is 4.47. The molecule has 0 aliphatic heterocycles. The van der Waals surface area contributed by atoms with Crippen molar-refractivity contribution in [2.75, 3.05) is 7.11 Å². The highest BCUT2D eigenvalue weighted by Gasteiger charge is 2.17. The van der Waals surface area contributed by atoms with Crippen LogP contribution in [-0.4, -0.2) is 12.9 Å². The van der Waals surface area contributed by atoms with Gasteiger partial charge in [-0.05, 0) is 18.6 Å². The standard InChI is InChI=1S/C11H12BrClO2/c1-7(14)11(12)9-4-3-8(6-13)5-10(9)15-2/h3-5,11H,6H2,1-2H3. The Morgan fingerprint density at radius 1 is 1.60 bits per heavy atom. The lowest BCUT2D eigenvalue weighted by Gasteiger charge is -2.12. The van der Waals surface area contributed by atoms with Crippen molar-refractivity contribution in [3.05, 3.63) is 29.3 Å². The second-order valence-corrected chi connectivity index (χ2v) is 4.37. The minimum Gasteiger partial charge on any atom is -0.496 e. The van der Waals surface area contributed by atoms with E-state index in [0.717, 1.165) is 11.1 Å². The minimum atomic E-state index is -0.322. The molecular weight excluding hydrogens is 279 g/mol. The van der Waals surface area contributed by atoms with Crippen LogP contribution in [0.2, 0.25) is 0 Å². The Kier molecular flexibility index (Phi) is 4.61. The van der Waals surface area contributed by atoms with Crippen molar-refractivity contribution < 1.29 is 9.53 Å². The summed E-state index contributed by atoms with van der Waals surface area (Å²) in [6, 6.07) is 5.60. The van der Waals surface area contributed by atoms with Crippen molar-refractivity contribution in [1.82, 2.24) is 0 Å². The summed E-state index contributed by atoms with van der Waals surface area (Å²) in [5, 5.41) is 0. The quantitative estimate of drug-likeness (QED) is 0.794. The van der Waals surface area contributed by atoms with Gasteiger partial charge < -0.3 is 4.74 Å². The first-order chi connectivity index (χ1) is 7.10. The first kappa shape index (κ1) is 12.5.